The van der Waals surface area contributed by atoms with Crippen LogP contribution < -0.4 is 14.8 Å². The van der Waals surface area contributed by atoms with Gasteiger partial charge in [-0.15, -0.1) is 5.10 Å². The van der Waals surface area contributed by atoms with Crippen molar-refractivity contribution in [3.8, 4) is 17.1 Å². The third-order valence-corrected chi connectivity index (χ3v) is 5.40. The Balaban J connectivity index is 1.61. The number of ether oxygens (including phenoxy) is 1. The number of nitrogens with zero attached hydrogens (tertiary/aromatic N) is 3. The zero-order valence-corrected chi connectivity index (χ0v) is 16.7. The highest BCUT2D eigenvalue weighted by molar-refractivity contribution is 7.15. The average molecular weight is 391 g/mol. The fraction of sp³-hybridized carbons (Fsp3) is 0.227. The minimum absolute atomic E-state index is 0.140. The first-order valence-corrected chi connectivity index (χ1v) is 10.2. The Kier molecular flexibility index (Phi) is 5.21. The molecule has 2 aromatic heterocycles. The lowest BCUT2D eigenvalue weighted by atomic mass is 10.1. The standard InChI is InChI=1S/C22H21N3O2S/c1-3-4-13-27-18-11-9-17(10-12-18)20-23-22-25(24-20)21(26)19(28-22)14-16-7-5-15(2)6-8-16/h5-12,14H,3-4,13H2,1-2H3/b19-14+. The summed E-state index contributed by atoms with van der Waals surface area (Å²) in [6.07, 6.45) is 4.02. The lowest BCUT2D eigenvalue weighted by molar-refractivity contribution is 0.309. The summed E-state index contributed by atoms with van der Waals surface area (Å²) in [4.78, 5) is 17.8. The van der Waals surface area contributed by atoms with Gasteiger partial charge in [0.05, 0.1) is 11.1 Å². The van der Waals surface area contributed by atoms with Crippen LogP contribution in [0.3, 0.4) is 0 Å². The zero-order chi connectivity index (χ0) is 19.5. The second-order valence-electron chi connectivity index (χ2n) is 6.68. The fourth-order valence-corrected chi connectivity index (χ4v) is 3.71. The highest BCUT2D eigenvalue weighted by atomic mass is 32.1. The first kappa shape index (κ1) is 18.4. The van der Waals surface area contributed by atoms with E-state index in [9.17, 15) is 4.79 Å². The van der Waals surface area contributed by atoms with Gasteiger partial charge in [0.1, 0.15) is 5.75 Å². The molecule has 5 nitrogen and oxygen atoms in total. The number of hydrogen-bond acceptors (Lipinski definition) is 5. The Labute approximate surface area is 166 Å². The van der Waals surface area contributed by atoms with E-state index in [0.717, 1.165) is 29.7 Å². The van der Waals surface area contributed by atoms with E-state index in [-0.39, 0.29) is 5.56 Å². The van der Waals surface area contributed by atoms with Crippen molar-refractivity contribution in [2.45, 2.75) is 26.7 Å². The van der Waals surface area contributed by atoms with Gasteiger partial charge in [0.25, 0.3) is 5.56 Å². The lowest BCUT2D eigenvalue weighted by Gasteiger charge is -2.05. The van der Waals surface area contributed by atoms with Crippen LogP contribution in [0.15, 0.2) is 53.3 Å². The monoisotopic (exact) mass is 391 g/mol. The van der Waals surface area contributed by atoms with E-state index in [0.29, 0.717) is 21.9 Å². The highest BCUT2D eigenvalue weighted by Crippen LogP contribution is 2.20. The summed E-state index contributed by atoms with van der Waals surface area (Å²) in [5, 5.41) is 4.41. The second-order valence-corrected chi connectivity index (χ2v) is 7.69. The van der Waals surface area contributed by atoms with E-state index in [1.165, 1.54) is 21.4 Å². The van der Waals surface area contributed by atoms with E-state index >= 15 is 0 Å². The maximum atomic E-state index is 12.7. The minimum Gasteiger partial charge on any atom is -0.494 e. The minimum atomic E-state index is -0.140. The molecule has 28 heavy (non-hydrogen) atoms. The average Bonchev–Trinajstić information content (AvgIpc) is 3.24. The summed E-state index contributed by atoms with van der Waals surface area (Å²) < 4.78 is 7.69. The van der Waals surface area contributed by atoms with Crippen LogP contribution in [0.5, 0.6) is 5.75 Å². The fourth-order valence-electron chi connectivity index (χ4n) is 2.80. The number of rotatable bonds is 6. The normalized spacial score (nSPS) is 12.0. The SMILES string of the molecule is CCCCOc1ccc(-c2nc3s/c(=C/c4ccc(C)cc4)c(=O)n3n2)cc1. The maximum Gasteiger partial charge on any atom is 0.291 e. The molecule has 0 atom stereocenters. The molecule has 4 aromatic rings. The number of aryl methyl sites for hydroxylation is 1. The summed E-state index contributed by atoms with van der Waals surface area (Å²) in [6, 6.07) is 15.7. The molecule has 0 fully saturated rings. The third kappa shape index (κ3) is 3.82. The molecule has 0 saturated carbocycles. The largest absolute Gasteiger partial charge is 0.494 e. The predicted molar refractivity (Wildman–Crippen MR) is 113 cm³/mol. The number of unbranched alkanes of at least 4 members (excludes halogenated alkanes) is 1. The molecule has 0 aliphatic heterocycles. The van der Waals surface area contributed by atoms with Crippen LogP contribution >= 0.6 is 11.3 Å². The highest BCUT2D eigenvalue weighted by Gasteiger charge is 2.12. The van der Waals surface area contributed by atoms with Crippen molar-refractivity contribution < 1.29 is 4.74 Å². The van der Waals surface area contributed by atoms with Crippen LogP contribution in [0, 0.1) is 6.92 Å². The Hall–Kier alpha value is -2.99. The van der Waals surface area contributed by atoms with Crippen LogP contribution in [-0.2, 0) is 0 Å². The molecule has 0 bridgehead atoms. The molecular formula is C22H21N3O2S. The first-order valence-electron chi connectivity index (χ1n) is 9.35. The van der Waals surface area contributed by atoms with Gasteiger partial charge < -0.3 is 4.74 Å². The van der Waals surface area contributed by atoms with Gasteiger partial charge in [0.2, 0.25) is 4.96 Å². The van der Waals surface area contributed by atoms with Crippen molar-refractivity contribution in [3.63, 3.8) is 0 Å². The Morgan fingerprint density at radius 3 is 2.54 bits per heavy atom. The molecular weight excluding hydrogens is 370 g/mol. The van der Waals surface area contributed by atoms with Gasteiger partial charge in [-0.1, -0.05) is 54.5 Å². The van der Waals surface area contributed by atoms with Gasteiger partial charge >= 0.3 is 0 Å². The molecule has 4 rings (SSSR count). The molecule has 0 spiro atoms. The first-order chi connectivity index (χ1) is 13.6. The van der Waals surface area contributed by atoms with Gasteiger partial charge in [0.15, 0.2) is 5.82 Å². The number of hydrogen-bond donors (Lipinski definition) is 0. The number of fused-ring (bicyclic) bond motifs is 1. The topological polar surface area (TPSA) is 56.5 Å². The molecule has 0 aliphatic carbocycles. The van der Waals surface area contributed by atoms with E-state index in [1.807, 2.05) is 61.5 Å². The summed E-state index contributed by atoms with van der Waals surface area (Å²) in [7, 11) is 0. The Morgan fingerprint density at radius 1 is 1.11 bits per heavy atom. The number of aromatic nitrogens is 3. The van der Waals surface area contributed by atoms with Crippen molar-refractivity contribution in [3.05, 3.63) is 74.5 Å². The van der Waals surface area contributed by atoms with Gasteiger partial charge in [-0.2, -0.15) is 9.50 Å². The molecule has 0 N–H and O–H groups in total. The van der Waals surface area contributed by atoms with E-state index in [1.54, 1.807) is 0 Å². The molecule has 0 amide bonds. The molecule has 0 unspecified atom stereocenters. The van der Waals surface area contributed by atoms with Crippen molar-refractivity contribution in [2.75, 3.05) is 6.61 Å². The Bertz CT molecular complexity index is 1190. The lowest BCUT2D eigenvalue weighted by Crippen LogP contribution is -2.23. The van der Waals surface area contributed by atoms with Crippen molar-refractivity contribution in [1.82, 2.24) is 14.6 Å². The van der Waals surface area contributed by atoms with Gasteiger partial charge in [-0.25, -0.2) is 0 Å². The summed E-state index contributed by atoms with van der Waals surface area (Å²) in [5.41, 5.74) is 2.90. The maximum absolute atomic E-state index is 12.7. The molecule has 142 valence electrons. The summed E-state index contributed by atoms with van der Waals surface area (Å²) in [6.45, 7) is 4.89. The predicted octanol–water partition coefficient (Wildman–Crippen LogP) is 3.85. The van der Waals surface area contributed by atoms with Crippen molar-refractivity contribution in [2.24, 2.45) is 0 Å². The van der Waals surface area contributed by atoms with Crippen molar-refractivity contribution >= 4 is 22.4 Å². The number of benzene rings is 2. The summed E-state index contributed by atoms with van der Waals surface area (Å²) in [5.74, 6) is 1.38. The van der Waals surface area contributed by atoms with Gasteiger partial charge in [-0.05, 0) is 49.2 Å². The molecule has 0 radical (unpaired) electrons. The van der Waals surface area contributed by atoms with E-state index in [2.05, 4.69) is 17.0 Å². The van der Waals surface area contributed by atoms with Crippen LogP contribution in [0.4, 0.5) is 0 Å². The molecule has 0 saturated heterocycles. The quantitative estimate of drug-likeness (QED) is 0.469. The van der Waals surface area contributed by atoms with Crippen molar-refractivity contribution in [1.29, 1.82) is 0 Å². The van der Waals surface area contributed by atoms with Crippen LogP contribution in [0.25, 0.3) is 22.4 Å². The Morgan fingerprint density at radius 2 is 1.86 bits per heavy atom. The van der Waals surface area contributed by atoms with Gasteiger partial charge in [-0.3, -0.25) is 4.79 Å². The molecule has 2 heterocycles. The molecule has 0 aliphatic rings. The smallest absolute Gasteiger partial charge is 0.291 e. The third-order valence-electron chi connectivity index (χ3n) is 4.44. The van der Waals surface area contributed by atoms with E-state index < -0.39 is 0 Å². The van der Waals surface area contributed by atoms with E-state index in [4.69, 9.17) is 4.74 Å². The summed E-state index contributed by atoms with van der Waals surface area (Å²) >= 11 is 1.35. The van der Waals surface area contributed by atoms with Crippen LogP contribution in [0.1, 0.15) is 30.9 Å². The van der Waals surface area contributed by atoms with Crippen LogP contribution in [-0.4, -0.2) is 21.2 Å². The number of thiazole rings is 1. The second kappa shape index (κ2) is 7.94. The molecule has 6 heteroatoms. The molecule has 2 aromatic carbocycles. The van der Waals surface area contributed by atoms with Gasteiger partial charge in [0, 0.05) is 5.56 Å². The van der Waals surface area contributed by atoms with Crippen LogP contribution in [0.2, 0.25) is 0 Å². The zero-order valence-electron chi connectivity index (χ0n) is 15.9.